The van der Waals surface area contributed by atoms with Gasteiger partial charge in [0.1, 0.15) is 5.75 Å². The van der Waals surface area contributed by atoms with E-state index < -0.39 is 10.0 Å². The molecule has 4 aromatic carbocycles. The van der Waals surface area contributed by atoms with Gasteiger partial charge < -0.3 is 5.11 Å². The minimum absolute atomic E-state index is 0.103. The maximum atomic E-state index is 13.3. The highest BCUT2D eigenvalue weighted by Crippen LogP contribution is 2.44. The van der Waals surface area contributed by atoms with Gasteiger partial charge in [0, 0.05) is 10.8 Å². The summed E-state index contributed by atoms with van der Waals surface area (Å²) in [6.07, 6.45) is 0.603. The average Bonchev–Trinajstić information content (AvgIpc) is 3.24. The second-order valence-electron chi connectivity index (χ2n) is 7.43. The van der Waals surface area contributed by atoms with Crippen molar-refractivity contribution in [2.45, 2.75) is 27.5 Å². The lowest BCUT2D eigenvalue weighted by molar-refractivity contribution is 0.469. The van der Waals surface area contributed by atoms with Crippen LogP contribution in [0, 0.1) is 0 Å². The van der Waals surface area contributed by atoms with Crippen molar-refractivity contribution in [1.29, 1.82) is 0 Å². The molecule has 0 saturated heterocycles. The molecule has 0 amide bonds. The molecule has 5 aromatic rings. The Morgan fingerprint density at radius 2 is 1.67 bits per heavy atom. The fourth-order valence-electron chi connectivity index (χ4n) is 3.74. The van der Waals surface area contributed by atoms with Gasteiger partial charge in [-0.3, -0.25) is 4.72 Å². The summed E-state index contributed by atoms with van der Waals surface area (Å²) < 4.78 is 31.2. The van der Waals surface area contributed by atoms with Gasteiger partial charge in [-0.25, -0.2) is 13.4 Å². The summed E-state index contributed by atoms with van der Waals surface area (Å²) in [6, 6.07) is 23.7. The van der Waals surface area contributed by atoms with Crippen LogP contribution in [0.2, 0.25) is 0 Å². The predicted molar refractivity (Wildman–Crippen MR) is 136 cm³/mol. The van der Waals surface area contributed by atoms with Gasteiger partial charge >= 0.3 is 0 Å². The number of nitrogens with zero attached hydrogens (tertiary/aromatic N) is 1. The van der Waals surface area contributed by atoms with Crippen LogP contribution in [0.5, 0.6) is 5.75 Å². The summed E-state index contributed by atoms with van der Waals surface area (Å²) in [5, 5.41) is 12.2. The summed E-state index contributed by atoms with van der Waals surface area (Å²) in [5.74, 6) is 0.103. The van der Waals surface area contributed by atoms with Crippen LogP contribution in [0.1, 0.15) is 12.5 Å². The van der Waals surface area contributed by atoms with E-state index in [0.29, 0.717) is 27.8 Å². The first-order valence-electron chi connectivity index (χ1n) is 10.3. The number of phenolic OH excluding ortho intramolecular Hbond substituents is 1. The zero-order valence-electron chi connectivity index (χ0n) is 17.6. The predicted octanol–water partition coefficient (Wildman–Crippen LogP) is 6.67. The number of rotatable bonds is 6. The molecule has 8 heteroatoms. The number of hydrogen-bond acceptors (Lipinski definition) is 6. The van der Waals surface area contributed by atoms with Crippen LogP contribution in [0.15, 0.2) is 93.0 Å². The van der Waals surface area contributed by atoms with Crippen molar-refractivity contribution in [1.82, 2.24) is 4.98 Å². The van der Waals surface area contributed by atoms with Gasteiger partial charge in [-0.1, -0.05) is 73.3 Å². The van der Waals surface area contributed by atoms with E-state index in [1.165, 1.54) is 23.1 Å². The first-order valence-corrected chi connectivity index (χ1v) is 13.5. The number of para-hydroxylation sites is 1. The van der Waals surface area contributed by atoms with E-state index in [1.807, 2.05) is 55.5 Å². The topological polar surface area (TPSA) is 79.3 Å². The SMILES string of the molecule is CCc1ccccc1S(=O)(=O)Nc1cc(Sc2nc3ccccc3s2)c(O)c2ccccc12. The Morgan fingerprint density at radius 3 is 2.45 bits per heavy atom. The number of aromatic nitrogens is 1. The van der Waals surface area contributed by atoms with Crippen LogP contribution < -0.4 is 4.72 Å². The van der Waals surface area contributed by atoms with Crippen LogP contribution in [0.3, 0.4) is 0 Å². The van der Waals surface area contributed by atoms with Crippen LogP contribution in [-0.4, -0.2) is 18.5 Å². The number of benzene rings is 4. The molecule has 5 rings (SSSR count). The average molecular weight is 493 g/mol. The van der Waals surface area contributed by atoms with Gasteiger partial charge in [0.05, 0.1) is 25.7 Å². The van der Waals surface area contributed by atoms with Crippen molar-refractivity contribution in [2.24, 2.45) is 0 Å². The minimum Gasteiger partial charge on any atom is -0.506 e. The zero-order chi connectivity index (χ0) is 23.0. The van der Waals surface area contributed by atoms with Gasteiger partial charge in [0.25, 0.3) is 10.0 Å². The number of hydrogen-bond donors (Lipinski definition) is 2. The van der Waals surface area contributed by atoms with Gasteiger partial charge in [0.15, 0.2) is 4.34 Å². The fourth-order valence-corrected chi connectivity index (χ4v) is 7.24. The zero-order valence-corrected chi connectivity index (χ0v) is 20.1. The van der Waals surface area contributed by atoms with E-state index in [1.54, 1.807) is 30.3 Å². The number of anilines is 1. The van der Waals surface area contributed by atoms with Crippen molar-refractivity contribution in [2.75, 3.05) is 4.72 Å². The molecule has 2 N–H and O–H groups in total. The maximum Gasteiger partial charge on any atom is 0.262 e. The number of aryl methyl sites for hydroxylation is 1. The lowest BCUT2D eigenvalue weighted by Crippen LogP contribution is -2.15. The second-order valence-corrected chi connectivity index (χ2v) is 11.4. The highest BCUT2D eigenvalue weighted by molar-refractivity contribution is 8.01. The third-order valence-electron chi connectivity index (χ3n) is 5.34. The first kappa shape index (κ1) is 21.8. The Labute approximate surface area is 200 Å². The number of thiazole rings is 1. The van der Waals surface area contributed by atoms with Crippen molar-refractivity contribution in [3.8, 4) is 5.75 Å². The van der Waals surface area contributed by atoms with Gasteiger partial charge in [-0.05, 0) is 36.2 Å². The third-order valence-corrected chi connectivity index (χ3v) is 8.93. The molecule has 0 fully saturated rings. The highest BCUT2D eigenvalue weighted by atomic mass is 32.2. The van der Waals surface area contributed by atoms with Crippen LogP contribution in [0.4, 0.5) is 5.69 Å². The van der Waals surface area contributed by atoms with E-state index in [2.05, 4.69) is 9.71 Å². The van der Waals surface area contributed by atoms with Crippen molar-refractivity contribution in [3.63, 3.8) is 0 Å². The molecule has 33 heavy (non-hydrogen) atoms. The Balaban J connectivity index is 1.60. The summed E-state index contributed by atoms with van der Waals surface area (Å²) in [5.41, 5.74) is 2.05. The van der Waals surface area contributed by atoms with Crippen molar-refractivity contribution < 1.29 is 13.5 Å². The summed E-state index contributed by atoms with van der Waals surface area (Å²) in [6.45, 7) is 1.93. The van der Waals surface area contributed by atoms with Crippen LogP contribution in [-0.2, 0) is 16.4 Å². The van der Waals surface area contributed by atoms with Crippen LogP contribution in [0.25, 0.3) is 21.0 Å². The number of fused-ring (bicyclic) bond motifs is 2. The molecule has 0 radical (unpaired) electrons. The molecule has 0 aliphatic carbocycles. The Bertz CT molecular complexity index is 1560. The molecular formula is C25H20N2O3S3. The van der Waals surface area contributed by atoms with Gasteiger partial charge in [-0.2, -0.15) is 0 Å². The number of phenols is 1. The normalized spacial score (nSPS) is 11.8. The Morgan fingerprint density at radius 1 is 0.970 bits per heavy atom. The first-order chi connectivity index (χ1) is 16.0. The number of sulfonamides is 1. The highest BCUT2D eigenvalue weighted by Gasteiger charge is 2.21. The Hall–Kier alpha value is -3.07. The molecule has 1 heterocycles. The summed E-state index contributed by atoms with van der Waals surface area (Å²) in [7, 11) is -3.82. The fraction of sp³-hybridized carbons (Fsp3) is 0.0800. The standard InChI is InChI=1S/C25H20N2O3S3/c1-2-16-9-3-8-14-23(16)33(29,30)27-20-15-22(24(28)18-11-5-4-10-17(18)20)32-25-26-19-12-6-7-13-21(19)31-25/h3-15,27-28H,2H2,1H3. The largest absolute Gasteiger partial charge is 0.506 e. The van der Waals surface area contributed by atoms with Gasteiger partial charge in [-0.15, -0.1) is 11.3 Å². The number of aromatic hydroxyl groups is 1. The van der Waals surface area contributed by atoms with Crippen LogP contribution >= 0.6 is 23.1 Å². The maximum absolute atomic E-state index is 13.3. The summed E-state index contributed by atoms with van der Waals surface area (Å²) in [4.78, 5) is 5.43. The van der Waals surface area contributed by atoms with E-state index in [4.69, 9.17) is 0 Å². The third kappa shape index (κ3) is 4.17. The van der Waals surface area contributed by atoms with Gasteiger partial charge in [0.2, 0.25) is 0 Å². The van der Waals surface area contributed by atoms with E-state index in [9.17, 15) is 13.5 Å². The second kappa shape index (κ2) is 8.70. The molecular weight excluding hydrogens is 472 g/mol. The molecule has 5 nitrogen and oxygen atoms in total. The molecule has 1 aromatic heterocycles. The Kier molecular flexibility index (Phi) is 5.74. The molecule has 166 valence electrons. The lowest BCUT2D eigenvalue weighted by atomic mass is 10.1. The smallest absolute Gasteiger partial charge is 0.262 e. The number of nitrogens with one attached hydrogen (secondary N) is 1. The monoisotopic (exact) mass is 492 g/mol. The molecule has 0 aliphatic heterocycles. The van der Waals surface area contributed by atoms with E-state index in [0.717, 1.165) is 20.1 Å². The molecule has 0 bridgehead atoms. The quantitative estimate of drug-likeness (QED) is 0.259. The van der Waals surface area contributed by atoms with E-state index >= 15 is 0 Å². The molecule has 0 atom stereocenters. The summed E-state index contributed by atoms with van der Waals surface area (Å²) >= 11 is 2.85. The molecule has 0 spiro atoms. The van der Waals surface area contributed by atoms with Crippen molar-refractivity contribution in [3.05, 3.63) is 84.4 Å². The molecule has 0 unspecified atom stereocenters. The molecule has 0 saturated carbocycles. The van der Waals surface area contributed by atoms with E-state index in [-0.39, 0.29) is 10.6 Å². The lowest BCUT2D eigenvalue weighted by Gasteiger charge is -2.15. The van der Waals surface area contributed by atoms with Crippen molar-refractivity contribution >= 4 is 59.8 Å². The molecule has 0 aliphatic rings. The minimum atomic E-state index is -3.82.